The molecule has 1 amide bonds. The van der Waals surface area contributed by atoms with Gasteiger partial charge < -0.3 is 4.74 Å². The van der Waals surface area contributed by atoms with Crippen LogP contribution in [0, 0.1) is 12.3 Å². The molecule has 3 nitrogen and oxygen atoms in total. The fraction of sp³-hybridized carbons (Fsp3) is 0.400. The lowest BCUT2D eigenvalue weighted by Gasteiger charge is -2.20. The van der Waals surface area contributed by atoms with E-state index in [2.05, 4.69) is 11.2 Å². The molecule has 4 heteroatoms. The van der Waals surface area contributed by atoms with Crippen molar-refractivity contribution in [1.29, 1.82) is 0 Å². The van der Waals surface area contributed by atoms with Crippen LogP contribution in [-0.2, 0) is 4.74 Å². The summed E-state index contributed by atoms with van der Waals surface area (Å²) in [6.07, 6.45) is 4.88. The largest absolute Gasteiger partial charge is 0.444 e. The number of hydrogen-bond donors (Lipinski definition) is 1. The van der Waals surface area contributed by atoms with E-state index in [0.29, 0.717) is 10.7 Å². The van der Waals surface area contributed by atoms with Crippen molar-refractivity contribution in [1.82, 2.24) is 0 Å². The minimum absolute atomic E-state index is 0.118. The Hall–Kier alpha value is -1.66. The van der Waals surface area contributed by atoms with Crippen LogP contribution in [-0.4, -0.2) is 11.7 Å². The van der Waals surface area contributed by atoms with Gasteiger partial charge in [-0.1, -0.05) is 17.5 Å². The summed E-state index contributed by atoms with van der Waals surface area (Å²) in [5.41, 5.74) is 0.874. The third-order valence-corrected chi connectivity index (χ3v) is 2.70. The fourth-order valence-corrected chi connectivity index (χ4v) is 1.75. The van der Waals surface area contributed by atoms with Crippen LogP contribution in [0.4, 0.5) is 10.5 Å². The average molecular weight is 280 g/mol. The molecule has 0 spiro atoms. The molecule has 0 aliphatic rings. The Labute approximate surface area is 119 Å². The molecule has 19 heavy (non-hydrogen) atoms. The van der Waals surface area contributed by atoms with E-state index in [9.17, 15) is 4.79 Å². The van der Waals surface area contributed by atoms with Crippen LogP contribution >= 0.6 is 11.6 Å². The van der Waals surface area contributed by atoms with E-state index >= 15 is 0 Å². The molecule has 1 atom stereocenters. The summed E-state index contributed by atoms with van der Waals surface area (Å²) in [4.78, 5) is 11.7. The standard InChI is InChI=1S/C15H18ClNO2/c1-6-10(2)12-9-11(7-8-13(12)16)17-14(18)19-15(3,4)5/h1,7-10H,2-5H3,(H,17,18). The maximum atomic E-state index is 11.7. The molecular weight excluding hydrogens is 262 g/mol. The third-order valence-electron chi connectivity index (χ3n) is 2.36. The molecule has 1 aromatic carbocycles. The van der Waals surface area contributed by atoms with Gasteiger partial charge in [0.1, 0.15) is 5.60 Å². The van der Waals surface area contributed by atoms with Crippen LogP contribution in [0.2, 0.25) is 5.02 Å². The van der Waals surface area contributed by atoms with Gasteiger partial charge in [-0.3, -0.25) is 5.32 Å². The highest BCUT2D eigenvalue weighted by Crippen LogP contribution is 2.27. The summed E-state index contributed by atoms with van der Waals surface area (Å²) in [6.45, 7) is 7.29. The molecule has 0 saturated carbocycles. The number of carbonyl (C=O) groups excluding carboxylic acids is 1. The molecule has 1 aromatic rings. The van der Waals surface area contributed by atoms with Crippen molar-refractivity contribution in [2.75, 3.05) is 5.32 Å². The first kappa shape index (κ1) is 15.4. The zero-order valence-corrected chi connectivity index (χ0v) is 12.3. The number of hydrogen-bond acceptors (Lipinski definition) is 2. The van der Waals surface area contributed by atoms with E-state index in [4.69, 9.17) is 22.8 Å². The van der Waals surface area contributed by atoms with Gasteiger partial charge in [-0.05, 0) is 51.5 Å². The first-order valence-electron chi connectivity index (χ1n) is 5.98. The molecule has 1 rings (SSSR count). The molecular formula is C15H18ClNO2. The Bertz CT molecular complexity index is 512. The fourth-order valence-electron chi connectivity index (χ4n) is 1.46. The monoisotopic (exact) mass is 279 g/mol. The molecule has 0 saturated heterocycles. The van der Waals surface area contributed by atoms with Crippen LogP contribution in [0.1, 0.15) is 39.2 Å². The zero-order valence-electron chi connectivity index (χ0n) is 11.6. The molecule has 0 radical (unpaired) electrons. The highest BCUT2D eigenvalue weighted by Gasteiger charge is 2.17. The zero-order chi connectivity index (χ0) is 14.6. The molecule has 102 valence electrons. The van der Waals surface area contributed by atoms with Crippen molar-refractivity contribution in [2.45, 2.75) is 39.2 Å². The number of rotatable bonds is 2. The van der Waals surface area contributed by atoms with E-state index in [1.807, 2.05) is 6.92 Å². The van der Waals surface area contributed by atoms with Crippen LogP contribution < -0.4 is 5.32 Å². The van der Waals surface area contributed by atoms with Crippen molar-refractivity contribution in [3.63, 3.8) is 0 Å². The molecule has 0 aliphatic carbocycles. The maximum absolute atomic E-state index is 11.7. The van der Waals surface area contributed by atoms with Gasteiger partial charge >= 0.3 is 6.09 Å². The number of terminal acetylenes is 1. The summed E-state index contributed by atoms with van der Waals surface area (Å²) in [7, 11) is 0. The van der Waals surface area contributed by atoms with Gasteiger partial charge in [0.05, 0.1) is 0 Å². The lowest BCUT2D eigenvalue weighted by Crippen LogP contribution is -2.27. The van der Waals surface area contributed by atoms with Crippen LogP contribution in [0.3, 0.4) is 0 Å². The molecule has 1 unspecified atom stereocenters. The van der Waals surface area contributed by atoms with Crippen LogP contribution in [0.15, 0.2) is 18.2 Å². The van der Waals surface area contributed by atoms with Gasteiger partial charge in [0.2, 0.25) is 0 Å². The van der Waals surface area contributed by atoms with Gasteiger partial charge in [0.15, 0.2) is 0 Å². The quantitative estimate of drug-likeness (QED) is 0.814. The number of amides is 1. The maximum Gasteiger partial charge on any atom is 0.412 e. The highest BCUT2D eigenvalue weighted by molar-refractivity contribution is 6.31. The first-order chi connectivity index (χ1) is 8.73. The molecule has 0 bridgehead atoms. The second-order valence-electron chi connectivity index (χ2n) is 5.25. The number of ether oxygens (including phenoxy) is 1. The Morgan fingerprint density at radius 3 is 2.63 bits per heavy atom. The predicted molar refractivity (Wildman–Crippen MR) is 78.6 cm³/mol. The SMILES string of the molecule is C#CC(C)c1cc(NC(=O)OC(C)(C)C)ccc1Cl. The number of benzene rings is 1. The van der Waals surface area contributed by atoms with Crippen molar-refractivity contribution >= 4 is 23.4 Å². The van der Waals surface area contributed by atoms with E-state index in [0.717, 1.165) is 5.56 Å². The normalized spacial score (nSPS) is 12.4. The van der Waals surface area contributed by atoms with Gasteiger partial charge in [-0.25, -0.2) is 4.79 Å². The van der Waals surface area contributed by atoms with Gasteiger partial charge in [-0.2, -0.15) is 0 Å². The molecule has 0 aliphatic heterocycles. The van der Waals surface area contributed by atoms with Crippen molar-refractivity contribution in [3.8, 4) is 12.3 Å². The summed E-state index contributed by atoms with van der Waals surface area (Å²) < 4.78 is 5.18. The Balaban J connectivity index is 2.86. The lowest BCUT2D eigenvalue weighted by molar-refractivity contribution is 0.0636. The molecule has 0 heterocycles. The van der Waals surface area contributed by atoms with E-state index in [1.165, 1.54) is 0 Å². The van der Waals surface area contributed by atoms with Crippen LogP contribution in [0.25, 0.3) is 0 Å². The molecule has 0 aromatic heterocycles. The highest BCUT2D eigenvalue weighted by atomic mass is 35.5. The van der Waals surface area contributed by atoms with Gasteiger partial charge in [-0.15, -0.1) is 6.42 Å². The second kappa shape index (κ2) is 5.99. The smallest absolute Gasteiger partial charge is 0.412 e. The Morgan fingerprint density at radius 1 is 1.47 bits per heavy atom. The molecule has 0 fully saturated rings. The average Bonchev–Trinajstić information content (AvgIpc) is 2.28. The Morgan fingerprint density at radius 2 is 2.11 bits per heavy atom. The molecule has 1 N–H and O–H groups in total. The summed E-state index contributed by atoms with van der Waals surface area (Å²) >= 11 is 6.07. The second-order valence-corrected chi connectivity index (χ2v) is 5.66. The van der Waals surface area contributed by atoms with E-state index in [1.54, 1.807) is 39.0 Å². The number of nitrogens with one attached hydrogen (secondary N) is 1. The van der Waals surface area contributed by atoms with Crippen LogP contribution in [0.5, 0.6) is 0 Å². The Kier molecular flexibility index (Phi) is 4.85. The minimum atomic E-state index is -0.536. The van der Waals surface area contributed by atoms with Crippen molar-refractivity contribution in [3.05, 3.63) is 28.8 Å². The number of halogens is 1. The number of carbonyl (C=O) groups is 1. The lowest BCUT2D eigenvalue weighted by atomic mass is 10.0. The summed E-state index contributed by atoms with van der Waals surface area (Å²) in [5, 5.41) is 3.24. The van der Waals surface area contributed by atoms with Gasteiger partial charge in [0.25, 0.3) is 0 Å². The topological polar surface area (TPSA) is 38.3 Å². The minimum Gasteiger partial charge on any atom is -0.444 e. The van der Waals surface area contributed by atoms with E-state index in [-0.39, 0.29) is 5.92 Å². The first-order valence-corrected chi connectivity index (χ1v) is 6.36. The number of anilines is 1. The summed E-state index contributed by atoms with van der Waals surface area (Å²) in [6, 6.07) is 5.17. The van der Waals surface area contributed by atoms with Crippen molar-refractivity contribution < 1.29 is 9.53 Å². The van der Waals surface area contributed by atoms with Gasteiger partial charge in [0, 0.05) is 16.6 Å². The van der Waals surface area contributed by atoms with E-state index < -0.39 is 11.7 Å². The third kappa shape index (κ3) is 4.84. The van der Waals surface area contributed by atoms with Crippen molar-refractivity contribution in [2.24, 2.45) is 0 Å². The summed E-state index contributed by atoms with van der Waals surface area (Å²) in [5.74, 6) is 2.49. The predicted octanol–water partition coefficient (Wildman–Crippen LogP) is 4.42.